The second kappa shape index (κ2) is 34.7. The van der Waals surface area contributed by atoms with E-state index in [9.17, 15) is 72.9 Å². The monoisotopic (exact) mass is 1050 g/mol. The van der Waals surface area contributed by atoms with Gasteiger partial charge in [-0.05, 0) is 63.4 Å². The Morgan fingerprint density at radius 3 is 1.17 bits per heavy atom. The fourth-order valence-corrected chi connectivity index (χ4v) is 6.50. The zero-order chi connectivity index (χ0) is 55.1. The average molecular weight is 1050 g/mol. The van der Waals surface area contributed by atoms with Crippen LogP contribution in [0.25, 0.3) is 0 Å². The van der Waals surface area contributed by atoms with Crippen LogP contribution < -0.4 is 71.6 Å². The maximum atomic E-state index is 14.1. The molecule has 8 amide bonds. The largest absolute Gasteiger partial charge is 0.481 e. The molecule has 0 fully saturated rings. The molecule has 0 rings (SSSR count). The number of thioether (sulfide) groups is 1. The molecule has 72 heavy (non-hydrogen) atoms. The molecule has 8 atom stereocenters. The Bertz CT molecular complexity index is 1970. The highest BCUT2D eigenvalue weighted by Gasteiger charge is 2.35. The number of nitrogens with two attached hydrogens (primary N) is 6. The Kier molecular flexibility index (Phi) is 31.1. The van der Waals surface area contributed by atoms with Gasteiger partial charge < -0.3 is 97.2 Å². The van der Waals surface area contributed by atoms with Gasteiger partial charge in [-0.15, -0.1) is 0 Å². The van der Waals surface area contributed by atoms with Crippen molar-refractivity contribution in [3.63, 3.8) is 0 Å². The topological polar surface area (TPSA) is 571 Å². The molecule has 0 unspecified atom stereocenters. The first kappa shape index (κ1) is 64.5. The van der Waals surface area contributed by atoms with E-state index in [0.717, 1.165) is 0 Å². The van der Waals surface area contributed by atoms with Crippen LogP contribution in [0.4, 0.5) is 0 Å². The molecule has 33 heteroatoms. The first-order valence-electron chi connectivity index (χ1n) is 22.0. The molecule has 0 saturated carbocycles. The number of primary amides is 1. The normalized spacial score (nSPS) is 14.0. The number of hydrogen-bond acceptors (Lipinski definition) is 17. The highest BCUT2D eigenvalue weighted by Crippen LogP contribution is 2.10. The van der Waals surface area contributed by atoms with Crippen molar-refractivity contribution in [2.24, 2.45) is 44.4 Å². The van der Waals surface area contributed by atoms with E-state index in [2.05, 4.69) is 41.9 Å². The zero-order valence-corrected chi connectivity index (χ0v) is 40.2. The Labute approximate surface area is 415 Å². The summed E-state index contributed by atoms with van der Waals surface area (Å²) in [5.41, 5.74) is 32.7. The lowest BCUT2D eigenvalue weighted by molar-refractivity contribution is -0.147. The van der Waals surface area contributed by atoms with Gasteiger partial charge in [0.15, 0.2) is 11.9 Å². The number of nitrogens with one attached hydrogen (secondary N) is 7. The van der Waals surface area contributed by atoms with Crippen LogP contribution in [0.3, 0.4) is 0 Å². The third kappa shape index (κ3) is 28.2. The predicted octanol–water partition coefficient (Wildman–Crippen LogP) is -7.89. The summed E-state index contributed by atoms with van der Waals surface area (Å²) in [4.78, 5) is 160. The lowest BCUT2D eigenvalue weighted by atomic mass is 10.0. The number of amides is 8. The second-order valence-corrected chi connectivity index (χ2v) is 16.7. The van der Waals surface area contributed by atoms with E-state index in [1.54, 1.807) is 6.26 Å². The molecule has 0 radical (unpaired) electrons. The van der Waals surface area contributed by atoms with Crippen LogP contribution in [0.15, 0.2) is 9.98 Å². The minimum Gasteiger partial charge on any atom is -0.481 e. The molecule has 406 valence electrons. The number of carboxylic acid groups (broad SMARTS) is 4. The Morgan fingerprint density at radius 2 is 0.806 bits per heavy atom. The first-order valence-corrected chi connectivity index (χ1v) is 23.4. The number of guanidine groups is 2. The molecular formula is C39H67N15O17S. The van der Waals surface area contributed by atoms with E-state index in [1.807, 2.05) is 5.32 Å². The molecule has 0 aliphatic rings. The average Bonchev–Trinajstić information content (AvgIpc) is 3.29. The fourth-order valence-electron chi connectivity index (χ4n) is 6.03. The van der Waals surface area contributed by atoms with Crippen molar-refractivity contribution in [1.29, 1.82) is 0 Å². The highest BCUT2D eigenvalue weighted by molar-refractivity contribution is 7.98. The summed E-state index contributed by atoms with van der Waals surface area (Å²) in [6.07, 6.45) is -3.10. The molecule has 32 nitrogen and oxygen atoms in total. The number of hydrogen-bond donors (Lipinski definition) is 18. The maximum absolute atomic E-state index is 14.1. The van der Waals surface area contributed by atoms with Crippen LogP contribution in [-0.4, -0.2) is 189 Å². The van der Waals surface area contributed by atoms with Gasteiger partial charge >= 0.3 is 23.9 Å². The van der Waals surface area contributed by atoms with Crippen molar-refractivity contribution in [2.75, 3.05) is 31.7 Å². The molecule has 0 aliphatic carbocycles. The molecule has 0 aromatic heterocycles. The summed E-state index contributed by atoms with van der Waals surface area (Å²) in [6, 6.07) is -13.3. The van der Waals surface area contributed by atoms with Crippen molar-refractivity contribution in [3.8, 4) is 0 Å². The van der Waals surface area contributed by atoms with E-state index in [4.69, 9.17) is 44.6 Å². The van der Waals surface area contributed by atoms with Crippen molar-refractivity contribution in [3.05, 3.63) is 0 Å². The minimum atomic E-state index is -1.97. The first-order chi connectivity index (χ1) is 33.7. The van der Waals surface area contributed by atoms with Gasteiger partial charge in [-0.1, -0.05) is 0 Å². The Balaban J connectivity index is 6.89. The number of aliphatic carboxylic acids is 4. The number of carboxylic acids is 4. The highest BCUT2D eigenvalue weighted by atomic mass is 32.2. The van der Waals surface area contributed by atoms with Gasteiger partial charge in [-0.2, -0.15) is 11.8 Å². The predicted molar refractivity (Wildman–Crippen MR) is 253 cm³/mol. The molecule has 0 heterocycles. The third-order valence-electron chi connectivity index (χ3n) is 9.81. The lowest BCUT2D eigenvalue weighted by Crippen LogP contribution is -2.60. The van der Waals surface area contributed by atoms with Gasteiger partial charge in [0, 0.05) is 32.4 Å². The second-order valence-electron chi connectivity index (χ2n) is 15.7. The van der Waals surface area contributed by atoms with Crippen LogP contribution in [0.5, 0.6) is 0 Å². The molecule has 0 aliphatic heterocycles. The van der Waals surface area contributed by atoms with Crippen molar-refractivity contribution in [2.45, 2.75) is 125 Å². The van der Waals surface area contributed by atoms with E-state index in [-0.39, 0.29) is 69.3 Å². The minimum absolute atomic E-state index is 0.0172. The van der Waals surface area contributed by atoms with Crippen LogP contribution in [0, 0.1) is 0 Å². The smallest absolute Gasteiger partial charge is 0.326 e. The number of rotatable bonds is 38. The number of aliphatic imine (C=N–C) groups is 2. The number of carbonyl (C=O) groups is 12. The number of aliphatic hydroxyl groups excluding tert-OH is 1. The summed E-state index contributed by atoms with van der Waals surface area (Å²) in [5.74, 6) is -15.1. The lowest BCUT2D eigenvalue weighted by Gasteiger charge is -2.28. The quantitative estimate of drug-likeness (QED) is 0.0155. The van der Waals surface area contributed by atoms with E-state index < -0.39 is 165 Å². The van der Waals surface area contributed by atoms with Crippen molar-refractivity contribution in [1.82, 2.24) is 37.2 Å². The van der Waals surface area contributed by atoms with E-state index >= 15 is 0 Å². The van der Waals surface area contributed by atoms with E-state index in [0.29, 0.717) is 0 Å². The van der Waals surface area contributed by atoms with Gasteiger partial charge in [0.25, 0.3) is 0 Å². The molecule has 0 spiro atoms. The Hall–Kier alpha value is -7.55. The summed E-state index contributed by atoms with van der Waals surface area (Å²) in [5, 5.41) is 62.5. The molecular weight excluding hydrogens is 983 g/mol. The number of carbonyl (C=O) groups excluding carboxylic acids is 8. The number of aliphatic hydroxyl groups is 1. The molecule has 0 saturated heterocycles. The van der Waals surface area contributed by atoms with Gasteiger partial charge in [0.2, 0.25) is 47.3 Å². The molecule has 0 aromatic rings. The van der Waals surface area contributed by atoms with Crippen LogP contribution in [-0.2, 0) is 57.5 Å². The SMILES string of the molecule is CSCC[C@H](NC(=O)[C@H](CCC(=O)O)NC(=O)[C@@H](N)CCC(=O)O)C(=O)N[C@@H](CCC(N)=O)C(=O)N[C@@H](CCCN=C(N)N)C(=O)N[C@@H](CCCN=C(N)N)C(=O)N[C@@H](CO)C(=O)N[C@@H](CC(=O)O)C(=O)O. The summed E-state index contributed by atoms with van der Waals surface area (Å²) >= 11 is 1.23. The fraction of sp³-hybridized carbons (Fsp3) is 0.641. The third-order valence-corrected chi connectivity index (χ3v) is 10.5. The van der Waals surface area contributed by atoms with Crippen LogP contribution >= 0.6 is 11.8 Å². The maximum Gasteiger partial charge on any atom is 0.326 e. The summed E-state index contributed by atoms with van der Waals surface area (Å²) < 4.78 is 0. The van der Waals surface area contributed by atoms with Gasteiger partial charge in [0.1, 0.15) is 42.3 Å². The van der Waals surface area contributed by atoms with Crippen LogP contribution in [0.2, 0.25) is 0 Å². The van der Waals surface area contributed by atoms with Gasteiger partial charge in [-0.3, -0.25) is 62.7 Å². The van der Waals surface area contributed by atoms with Crippen molar-refractivity contribution < 1.29 is 83.1 Å². The Morgan fingerprint density at radius 1 is 0.458 bits per heavy atom. The molecule has 0 bridgehead atoms. The molecule has 0 aromatic carbocycles. The van der Waals surface area contributed by atoms with E-state index in [1.165, 1.54) is 11.8 Å². The number of nitrogens with zero attached hydrogens (tertiary/aromatic N) is 2. The summed E-state index contributed by atoms with van der Waals surface area (Å²) in [6.45, 7) is -1.33. The standard InChI is InChI=1S/C39H67N15O17S/c1-72-15-12-23(52-34(67)22(8-11-28(59)60)48-30(63)18(40)6-10-27(57)58)35(68)51-21(7-9-26(41)56)33(66)50-19(4-2-13-46-38(42)43)31(64)49-20(5-3-14-47-39(44)45)32(65)54-25(17-55)36(69)53-24(37(70)71)16-29(61)62/h18-25,55H,2-17,40H2,1H3,(H2,41,56)(H,48,63)(H,49,64)(H,50,66)(H,51,68)(H,52,67)(H,53,69)(H,54,65)(H,57,58)(H,59,60)(H,61,62)(H,70,71)(H4,42,43,46)(H4,44,45,47)/t18-,19-,20-,21-,22-,23-,24-,25-/m0/s1. The van der Waals surface area contributed by atoms with Gasteiger partial charge in [-0.25, -0.2) is 4.79 Å². The molecule has 24 N–H and O–H groups in total. The summed E-state index contributed by atoms with van der Waals surface area (Å²) in [7, 11) is 0. The van der Waals surface area contributed by atoms with Crippen LogP contribution in [0.1, 0.15) is 77.0 Å². The zero-order valence-electron chi connectivity index (χ0n) is 39.3. The van der Waals surface area contributed by atoms with Gasteiger partial charge in [0.05, 0.1) is 19.1 Å². The van der Waals surface area contributed by atoms with Crippen molar-refractivity contribution >= 4 is 94.8 Å².